The van der Waals surface area contributed by atoms with Crippen molar-refractivity contribution in [3.63, 3.8) is 0 Å². The topological polar surface area (TPSA) is 96.6 Å². The zero-order valence-corrected chi connectivity index (χ0v) is 13.5. The summed E-state index contributed by atoms with van der Waals surface area (Å²) in [6.07, 6.45) is 1.38. The van der Waals surface area contributed by atoms with Crippen molar-refractivity contribution < 1.29 is 9.72 Å². The van der Waals surface area contributed by atoms with Gasteiger partial charge in [0.1, 0.15) is 0 Å². The van der Waals surface area contributed by atoms with E-state index in [-0.39, 0.29) is 17.5 Å². The Kier molecular flexibility index (Phi) is 5.42. The summed E-state index contributed by atoms with van der Waals surface area (Å²) in [5.41, 5.74) is 5.44. The molecule has 1 aromatic carbocycles. The first-order valence-electron chi connectivity index (χ1n) is 6.83. The molecule has 0 aliphatic heterocycles. The summed E-state index contributed by atoms with van der Waals surface area (Å²) in [6, 6.07) is 8.87. The van der Waals surface area contributed by atoms with Crippen molar-refractivity contribution in [3.8, 4) is 0 Å². The van der Waals surface area contributed by atoms with Gasteiger partial charge in [-0.1, -0.05) is 29.5 Å². The number of thiophene rings is 1. The summed E-state index contributed by atoms with van der Waals surface area (Å²) in [7, 11) is 0. The highest BCUT2D eigenvalue weighted by Crippen LogP contribution is 2.22. The van der Waals surface area contributed by atoms with E-state index < -0.39 is 4.92 Å². The van der Waals surface area contributed by atoms with E-state index >= 15 is 0 Å². The number of hydrogen-bond acceptors (Lipinski definition) is 6. The molecular formula is C15H16N4O3S. The number of carbonyl (C=O) groups is 1. The highest BCUT2D eigenvalue weighted by atomic mass is 32.1. The zero-order chi connectivity index (χ0) is 16.8. The zero-order valence-electron chi connectivity index (χ0n) is 12.7. The lowest BCUT2D eigenvalue weighted by Gasteiger charge is -2.11. The Balaban J connectivity index is 1.85. The van der Waals surface area contributed by atoms with Gasteiger partial charge in [-0.05, 0) is 31.0 Å². The van der Waals surface area contributed by atoms with Crippen molar-refractivity contribution in [2.45, 2.75) is 13.8 Å². The van der Waals surface area contributed by atoms with Crippen LogP contribution in [0.4, 0.5) is 10.7 Å². The number of hydrogen-bond donors (Lipinski definition) is 2. The van der Waals surface area contributed by atoms with E-state index in [4.69, 9.17) is 0 Å². The van der Waals surface area contributed by atoms with Gasteiger partial charge in [0.25, 0.3) is 5.91 Å². The molecule has 0 unspecified atom stereocenters. The Morgan fingerprint density at radius 3 is 2.61 bits per heavy atom. The van der Waals surface area contributed by atoms with Crippen LogP contribution in [0.5, 0.6) is 0 Å². The van der Waals surface area contributed by atoms with Gasteiger partial charge in [0.05, 0.1) is 22.6 Å². The standard InChI is InChI=1S/C15H16N4O3S/c1-10-4-3-5-11(2)15(10)16-9-13(20)18-17-8-12-6-7-14(23-12)19(21)22/h3-8,16H,9H2,1-2H3,(H,18,20)/b17-8-. The van der Waals surface area contributed by atoms with E-state index in [1.165, 1.54) is 12.3 Å². The average molecular weight is 332 g/mol. The predicted molar refractivity (Wildman–Crippen MR) is 91.1 cm³/mol. The molecule has 1 amide bonds. The van der Waals surface area contributed by atoms with Gasteiger partial charge in [0.2, 0.25) is 0 Å². The van der Waals surface area contributed by atoms with Crippen LogP contribution in [0.25, 0.3) is 0 Å². The van der Waals surface area contributed by atoms with Gasteiger partial charge in [-0.2, -0.15) is 5.10 Å². The summed E-state index contributed by atoms with van der Waals surface area (Å²) >= 11 is 0.991. The number of aryl methyl sites for hydroxylation is 2. The second kappa shape index (κ2) is 7.50. The number of hydrazone groups is 1. The lowest BCUT2D eigenvalue weighted by Crippen LogP contribution is -2.26. The second-order valence-corrected chi connectivity index (χ2v) is 5.94. The van der Waals surface area contributed by atoms with E-state index in [1.807, 2.05) is 32.0 Å². The maximum atomic E-state index is 11.8. The van der Waals surface area contributed by atoms with Crippen LogP contribution in [0.1, 0.15) is 16.0 Å². The van der Waals surface area contributed by atoms with Crippen molar-refractivity contribution in [3.05, 3.63) is 56.5 Å². The third-order valence-electron chi connectivity index (χ3n) is 3.08. The smallest absolute Gasteiger partial charge is 0.324 e. The minimum atomic E-state index is -0.463. The highest BCUT2D eigenvalue weighted by Gasteiger charge is 2.08. The van der Waals surface area contributed by atoms with Crippen LogP contribution in [0.15, 0.2) is 35.4 Å². The fourth-order valence-electron chi connectivity index (χ4n) is 1.98. The molecule has 0 saturated carbocycles. The second-order valence-electron chi connectivity index (χ2n) is 4.85. The molecule has 0 fully saturated rings. The highest BCUT2D eigenvalue weighted by molar-refractivity contribution is 7.16. The van der Waals surface area contributed by atoms with E-state index in [9.17, 15) is 14.9 Å². The van der Waals surface area contributed by atoms with Crippen LogP contribution >= 0.6 is 11.3 Å². The van der Waals surface area contributed by atoms with Crippen molar-refractivity contribution >= 4 is 34.1 Å². The molecule has 1 heterocycles. The SMILES string of the molecule is Cc1cccc(C)c1NCC(=O)N/N=C\c1ccc([N+](=O)[O-])s1. The first kappa shape index (κ1) is 16.6. The number of anilines is 1. The molecule has 2 rings (SSSR count). The Morgan fingerprint density at radius 2 is 2.00 bits per heavy atom. The molecule has 2 aromatic rings. The van der Waals surface area contributed by atoms with Crippen molar-refractivity contribution in [2.24, 2.45) is 5.10 Å². The Labute approximate surface area is 137 Å². The number of nitrogens with zero attached hydrogens (tertiary/aromatic N) is 2. The van der Waals surface area contributed by atoms with Crippen LogP contribution < -0.4 is 10.7 Å². The van der Waals surface area contributed by atoms with Crippen molar-refractivity contribution in [2.75, 3.05) is 11.9 Å². The number of amides is 1. The van der Waals surface area contributed by atoms with Gasteiger partial charge in [-0.15, -0.1) is 0 Å². The van der Waals surface area contributed by atoms with Crippen LogP contribution in [0.3, 0.4) is 0 Å². The molecular weight excluding hydrogens is 316 g/mol. The average Bonchev–Trinajstić information content (AvgIpc) is 2.96. The van der Waals surface area contributed by atoms with Gasteiger partial charge in [-0.25, -0.2) is 5.43 Å². The summed E-state index contributed by atoms with van der Waals surface area (Å²) in [6.45, 7) is 4.03. The Bertz CT molecular complexity index is 735. The van der Waals surface area contributed by atoms with E-state index in [1.54, 1.807) is 6.07 Å². The molecule has 0 radical (unpaired) electrons. The quantitative estimate of drug-likeness (QED) is 0.483. The van der Waals surface area contributed by atoms with Crippen LogP contribution in [0, 0.1) is 24.0 Å². The number of rotatable bonds is 6. The first-order chi connectivity index (χ1) is 11.0. The first-order valence-corrected chi connectivity index (χ1v) is 7.65. The molecule has 0 spiro atoms. The molecule has 0 aliphatic rings. The monoisotopic (exact) mass is 332 g/mol. The van der Waals surface area contributed by atoms with E-state index in [0.717, 1.165) is 28.2 Å². The molecule has 23 heavy (non-hydrogen) atoms. The number of benzene rings is 1. The number of carbonyl (C=O) groups excluding carboxylic acids is 1. The summed E-state index contributed by atoms with van der Waals surface area (Å²) in [4.78, 5) is 22.4. The molecule has 0 aliphatic carbocycles. The fourth-order valence-corrected chi connectivity index (χ4v) is 2.67. The van der Waals surface area contributed by atoms with Gasteiger partial charge < -0.3 is 5.32 Å². The molecule has 7 nitrogen and oxygen atoms in total. The Morgan fingerprint density at radius 1 is 1.30 bits per heavy atom. The van der Waals surface area contributed by atoms with E-state index in [0.29, 0.717) is 4.88 Å². The van der Waals surface area contributed by atoms with Crippen LogP contribution in [-0.4, -0.2) is 23.6 Å². The molecule has 120 valence electrons. The van der Waals surface area contributed by atoms with Gasteiger partial charge in [-0.3, -0.25) is 14.9 Å². The number of nitrogens with one attached hydrogen (secondary N) is 2. The molecule has 0 atom stereocenters. The molecule has 1 aromatic heterocycles. The largest absolute Gasteiger partial charge is 0.376 e. The van der Waals surface area contributed by atoms with Gasteiger partial charge in [0.15, 0.2) is 0 Å². The third-order valence-corrected chi connectivity index (χ3v) is 4.05. The molecule has 0 saturated heterocycles. The van der Waals surface area contributed by atoms with Gasteiger partial charge >= 0.3 is 5.00 Å². The minimum Gasteiger partial charge on any atom is -0.376 e. The third kappa shape index (κ3) is 4.62. The predicted octanol–water partition coefficient (Wildman–Crippen LogP) is 2.84. The number of para-hydroxylation sites is 1. The minimum absolute atomic E-state index is 0.0365. The molecule has 2 N–H and O–H groups in total. The normalized spacial score (nSPS) is 10.7. The van der Waals surface area contributed by atoms with Gasteiger partial charge in [0, 0.05) is 11.8 Å². The number of nitro groups is 1. The summed E-state index contributed by atoms with van der Waals surface area (Å²) < 4.78 is 0. The van der Waals surface area contributed by atoms with E-state index in [2.05, 4.69) is 15.8 Å². The summed E-state index contributed by atoms with van der Waals surface area (Å²) in [5, 5.41) is 17.5. The lowest BCUT2D eigenvalue weighted by molar-refractivity contribution is -0.380. The molecule has 0 bridgehead atoms. The van der Waals surface area contributed by atoms with Crippen LogP contribution in [-0.2, 0) is 4.79 Å². The Hall–Kier alpha value is -2.74. The maximum absolute atomic E-state index is 11.8. The van der Waals surface area contributed by atoms with Crippen molar-refractivity contribution in [1.29, 1.82) is 0 Å². The van der Waals surface area contributed by atoms with Crippen LogP contribution in [0.2, 0.25) is 0 Å². The lowest BCUT2D eigenvalue weighted by atomic mass is 10.1. The summed E-state index contributed by atoms with van der Waals surface area (Å²) in [5.74, 6) is -0.296. The van der Waals surface area contributed by atoms with Crippen molar-refractivity contribution in [1.82, 2.24) is 5.43 Å². The maximum Gasteiger partial charge on any atom is 0.324 e. The molecule has 8 heteroatoms. The fraction of sp³-hybridized carbons (Fsp3) is 0.200.